The molecule has 28 heavy (non-hydrogen) atoms. The van der Waals surface area contributed by atoms with Crippen LogP contribution in [0.15, 0.2) is 47.3 Å². The van der Waals surface area contributed by atoms with Gasteiger partial charge in [0, 0.05) is 19.2 Å². The van der Waals surface area contributed by atoms with Crippen molar-refractivity contribution in [1.29, 1.82) is 0 Å². The van der Waals surface area contributed by atoms with Gasteiger partial charge in [-0.2, -0.15) is 5.10 Å². The zero-order chi connectivity index (χ0) is 19.8. The zero-order valence-corrected chi connectivity index (χ0v) is 15.6. The zero-order valence-electron chi connectivity index (χ0n) is 15.6. The molecule has 2 heterocycles. The van der Waals surface area contributed by atoms with Crippen LogP contribution >= 0.6 is 0 Å². The molecule has 2 aromatic rings. The van der Waals surface area contributed by atoms with E-state index in [1.54, 1.807) is 4.90 Å². The van der Waals surface area contributed by atoms with Crippen LogP contribution in [-0.4, -0.2) is 52.9 Å². The van der Waals surface area contributed by atoms with Crippen molar-refractivity contribution >= 4 is 11.9 Å². The molecular formula is C20H23N3O5. The van der Waals surface area contributed by atoms with Gasteiger partial charge in [0.1, 0.15) is 12.4 Å². The fraction of sp³-hybridized carbons (Fsp3) is 0.400. The largest absolute Gasteiger partial charge is 0.492 e. The van der Waals surface area contributed by atoms with E-state index < -0.39 is 5.97 Å². The first-order chi connectivity index (χ1) is 13.6. The van der Waals surface area contributed by atoms with E-state index in [1.807, 2.05) is 30.3 Å². The molecule has 1 fully saturated rings. The lowest BCUT2D eigenvalue weighted by atomic mass is 10.1. The van der Waals surface area contributed by atoms with E-state index in [2.05, 4.69) is 5.10 Å². The molecule has 0 saturated carbocycles. The summed E-state index contributed by atoms with van der Waals surface area (Å²) < 4.78 is 11.8. The summed E-state index contributed by atoms with van der Waals surface area (Å²) in [6, 6.07) is 11.7. The predicted molar refractivity (Wildman–Crippen MR) is 101 cm³/mol. The monoisotopic (exact) mass is 385 g/mol. The molecule has 8 nitrogen and oxygen atoms in total. The van der Waals surface area contributed by atoms with E-state index in [1.165, 1.54) is 12.1 Å². The Morgan fingerprint density at radius 2 is 1.75 bits per heavy atom. The summed E-state index contributed by atoms with van der Waals surface area (Å²) in [5.41, 5.74) is -0.372. The minimum atomic E-state index is -0.733. The Hall–Kier alpha value is -3.16. The summed E-state index contributed by atoms with van der Waals surface area (Å²) in [6.07, 6.45) is 3.05. The molecule has 3 rings (SSSR count). The first-order valence-electron chi connectivity index (χ1n) is 9.34. The van der Waals surface area contributed by atoms with Crippen LogP contribution in [0.1, 0.15) is 29.8 Å². The molecule has 148 valence electrons. The lowest BCUT2D eigenvalue weighted by molar-refractivity contribution is -0.135. The second-order valence-corrected chi connectivity index (χ2v) is 6.46. The lowest BCUT2D eigenvalue weighted by Crippen LogP contribution is -2.38. The van der Waals surface area contributed by atoms with Crippen LogP contribution in [0, 0.1) is 0 Å². The molecule has 0 bridgehead atoms. The topological polar surface area (TPSA) is 90.7 Å². The normalized spacial score (nSPS) is 13.8. The van der Waals surface area contributed by atoms with Gasteiger partial charge in [-0.1, -0.05) is 18.2 Å². The number of hydrogen-bond donors (Lipinski definition) is 0. The van der Waals surface area contributed by atoms with E-state index in [0.717, 1.165) is 23.9 Å². The molecule has 0 N–H and O–H groups in total. The van der Waals surface area contributed by atoms with E-state index in [9.17, 15) is 14.4 Å². The van der Waals surface area contributed by atoms with Gasteiger partial charge >= 0.3 is 5.97 Å². The Morgan fingerprint density at radius 3 is 2.50 bits per heavy atom. The maximum absolute atomic E-state index is 12.2. The van der Waals surface area contributed by atoms with E-state index in [0.29, 0.717) is 18.8 Å². The molecule has 1 aromatic carbocycles. The molecular weight excluding hydrogens is 362 g/mol. The number of ether oxygens (including phenoxy) is 2. The number of piperidine rings is 1. The highest BCUT2D eigenvalue weighted by Crippen LogP contribution is 2.09. The number of rotatable bonds is 7. The van der Waals surface area contributed by atoms with Gasteiger partial charge in [0.25, 0.3) is 11.5 Å². The number of nitrogens with zero attached hydrogens (tertiary/aromatic N) is 3. The second kappa shape index (κ2) is 9.68. The summed E-state index contributed by atoms with van der Waals surface area (Å²) >= 11 is 0. The average Bonchev–Trinajstić information content (AvgIpc) is 2.74. The van der Waals surface area contributed by atoms with Gasteiger partial charge in [0.05, 0.1) is 6.54 Å². The number of para-hydroxylation sites is 1. The van der Waals surface area contributed by atoms with Gasteiger partial charge in [-0.3, -0.25) is 9.59 Å². The highest BCUT2D eigenvalue weighted by Gasteiger charge is 2.19. The van der Waals surface area contributed by atoms with E-state index in [4.69, 9.17) is 9.47 Å². The van der Waals surface area contributed by atoms with Crippen LogP contribution in [0.4, 0.5) is 0 Å². The number of likely N-dealkylation sites (tertiary alicyclic amines) is 1. The molecule has 1 aliphatic rings. The van der Waals surface area contributed by atoms with Crippen LogP contribution in [-0.2, 0) is 16.1 Å². The van der Waals surface area contributed by atoms with Crippen molar-refractivity contribution in [2.75, 3.05) is 26.3 Å². The molecule has 1 aromatic heterocycles. The first-order valence-corrected chi connectivity index (χ1v) is 9.34. The summed E-state index contributed by atoms with van der Waals surface area (Å²) in [5, 5.41) is 4.02. The number of aromatic nitrogens is 2. The van der Waals surface area contributed by atoms with Crippen molar-refractivity contribution in [3.05, 3.63) is 58.5 Å². The molecule has 0 aliphatic carbocycles. The summed E-state index contributed by atoms with van der Waals surface area (Å²) in [7, 11) is 0. The number of benzene rings is 1. The molecule has 0 spiro atoms. The summed E-state index contributed by atoms with van der Waals surface area (Å²) in [4.78, 5) is 37.9. The number of hydrogen-bond acceptors (Lipinski definition) is 6. The lowest BCUT2D eigenvalue weighted by Gasteiger charge is -2.26. The van der Waals surface area contributed by atoms with Gasteiger partial charge in [-0.25, -0.2) is 9.48 Å². The smallest absolute Gasteiger partial charge is 0.359 e. The van der Waals surface area contributed by atoms with Gasteiger partial charge in [-0.05, 0) is 37.5 Å². The maximum Gasteiger partial charge on any atom is 0.359 e. The molecule has 0 radical (unpaired) electrons. The van der Waals surface area contributed by atoms with Crippen LogP contribution in [0.3, 0.4) is 0 Å². The van der Waals surface area contributed by atoms with Gasteiger partial charge < -0.3 is 14.4 Å². The second-order valence-electron chi connectivity index (χ2n) is 6.46. The molecule has 1 aliphatic heterocycles. The third-order valence-electron chi connectivity index (χ3n) is 4.43. The van der Waals surface area contributed by atoms with Crippen LogP contribution in [0.5, 0.6) is 5.75 Å². The standard InChI is InChI=1S/C20H23N3O5/c24-18-10-9-17(20(26)28-15-19(25)22-11-5-2-6-12-22)21-23(18)13-14-27-16-7-3-1-4-8-16/h1,3-4,7-10H,2,5-6,11-15H2. The van der Waals surface area contributed by atoms with Crippen LogP contribution in [0.25, 0.3) is 0 Å². The Bertz CT molecular complexity index is 860. The Morgan fingerprint density at radius 1 is 1.00 bits per heavy atom. The Labute approximate surface area is 162 Å². The molecule has 1 amide bonds. The van der Waals surface area contributed by atoms with Crippen molar-refractivity contribution in [2.24, 2.45) is 0 Å². The highest BCUT2D eigenvalue weighted by molar-refractivity contribution is 5.89. The highest BCUT2D eigenvalue weighted by atomic mass is 16.5. The fourth-order valence-electron chi connectivity index (χ4n) is 2.92. The predicted octanol–water partition coefficient (Wildman–Crippen LogP) is 1.49. The van der Waals surface area contributed by atoms with E-state index in [-0.39, 0.29) is 36.9 Å². The minimum Gasteiger partial charge on any atom is -0.492 e. The number of carbonyl (C=O) groups is 2. The number of amides is 1. The minimum absolute atomic E-state index is 0.0224. The molecule has 0 atom stereocenters. The fourth-order valence-corrected chi connectivity index (χ4v) is 2.92. The van der Waals surface area contributed by atoms with Gasteiger partial charge in [0.15, 0.2) is 12.3 Å². The molecule has 1 saturated heterocycles. The van der Waals surface area contributed by atoms with Crippen LogP contribution < -0.4 is 10.3 Å². The quantitative estimate of drug-likeness (QED) is 0.671. The van der Waals surface area contributed by atoms with Crippen molar-refractivity contribution in [3.63, 3.8) is 0 Å². The van der Waals surface area contributed by atoms with E-state index >= 15 is 0 Å². The SMILES string of the molecule is O=C(OCC(=O)N1CCCCC1)c1ccc(=O)n(CCOc2ccccc2)n1. The molecule has 0 unspecified atom stereocenters. The summed E-state index contributed by atoms with van der Waals surface area (Å²) in [6.45, 7) is 1.48. The van der Waals surface area contributed by atoms with Gasteiger partial charge in [-0.15, -0.1) is 0 Å². The summed E-state index contributed by atoms with van der Waals surface area (Å²) in [5.74, 6) is -0.261. The number of esters is 1. The third-order valence-corrected chi connectivity index (χ3v) is 4.43. The Balaban J connectivity index is 1.53. The Kier molecular flexibility index (Phi) is 6.78. The van der Waals surface area contributed by atoms with Crippen molar-refractivity contribution < 1.29 is 19.1 Å². The van der Waals surface area contributed by atoms with Gasteiger partial charge in [0.2, 0.25) is 0 Å². The molecule has 8 heteroatoms. The van der Waals surface area contributed by atoms with Crippen LogP contribution in [0.2, 0.25) is 0 Å². The van der Waals surface area contributed by atoms with Crippen molar-refractivity contribution in [3.8, 4) is 5.75 Å². The van der Waals surface area contributed by atoms with Crippen molar-refractivity contribution in [1.82, 2.24) is 14.7 Å². The van der Waals surface area contributed by atoms with Crippen molar-refractivity contribution in [2.45, 2.75) is 25.8 Å². The maximum atomic E-state index is 12.2. The number of carbonyl (C=O) groups excluding carboxylic acids is 2. The third kappa shape index (κ3) is 5.42. The first kappa shape index (κ1) is 19.6. The average molecular weight is 385 g/mol.